The minimum absolute atomic E-state index is 0.0186. The van der Waals surface area contributed by atoms with Gasteiger partial charge < -0.3 is 14.6 Å². The zero-order valence-corrected chi connectivity index (χ0v) is 9.88. The summed E-state index contributed by atoms with van der Waals surface area (Å²) in [4.78, 5) is 11.7. The molecule has 0 atom stereocenters. The van der Waals surface area contributed by atoms with Crippen molar-refractivity contribution in [3.8, 4) is 11.5 Å². The summed E-state index contributed by atoms with van der Waals surface area (Å²) in [5.41, 5.74) is 0.623. The van der Waals surface area contributed by atoms with Crippen LogP contribution in [0.5, 0.6) is 11.5 Å². The minimum atomic E-state index is -1.08. The third-order valence-corrected chi connectivity index (χ3v) is 2.74. The fraction of sp³-hybridized carbons (Fsp3) is 0.364. The van der Waals surface area contributed by atoms with Crippen LogP contribution < -0.4 is 4.74 Å². The maximum Gasteiger partial charge on any atom is 0.349 e. The van der Waals surface area contributed by atoms with Gasteiger partial charge in [0.25, 0.3) is 0 Å². The molecule has 2 rings (SSSR count). The Bertz CT molecular complexity index is 479. The van der Waals surface area contributed by atoms with Crippen molar-refractivity contribution in [3.63, 3.8) is 0 Å². The smallest absolute Gasteiger partial charge is 0.349 e. The van der Waals surface area contributed by atoms with E-state index in [1.54, 1.807) is 20.8 Å². The van der Waals surface area contributed by atoms with Crippen molar-refractivity contribution in [1.29, 1.82) is 0 Å². The van der Waals surface area contributed by atoms with Gasteiger partial charge in [-0.3, -0.25) is 0 Å². The van der Waals surface area contributed by atoms with Gasteiger partial charge in [-0.2, -0.15) is 0 Å². The van der Waals surface area contributed by atoms with E-state index < -0.39 is 11.8 Å². The molecule has 0 amide bonds. The summed E-state index contributed by atoms with van der Waals surface area (Å²) in [6, 6.07) is 1.41. The first-order valence-electron chi connectivity index (χ1n) is 4.76. The number of aryl methyl sites for hydroxylation is 1. The molecule has 0 unspecified atom stereocenters. The summed E-state index contributed by atoms with van der Waals surface area (Å²) in [6.07, 6.45) is 0. The number of carbonyl (C=O) groups excluding carboxylic acids is 1. The van der Waals surface area contributed by atoms with Gasteiger partial charge in [-0.1, -0.05) is 11.6 Å². The predicted octanol–water partition coefficient (Wildman–Crippen LogP) is 2.64. The lowest BCUT2D eigenvalue weighted by Crippen LogP contribution is -2.39. The molecule has 0 saturated carbocycles. The van der Waals surface area contributed by atoms with Crippen molar-refractivity contribution in [1.82, 2.24) is 0 Å². The second-order valence-corrected chi connectivity index (χ2v) is 4.50. The molecule has 1 aromatic carbocycles. The van der Waals surface area contributed by atoms with Crippen LogP contribution in [0.4, 0.5) is 0 Å². The predicted molar refractivity (Wildman–Crippen MR) is 58.0 cm³/mol. The molecular weight excluding hydrogens is 232 g/mol. The number of carbonyl (C=O) groups is 1. The van der Waals surface area contributed by atoms with Gasteiger partial charge in [0, 0.05) is 13.8 Å². The molecule has 0 spiro atoms. The van der Waals surface area contributed by atoms with E-state index in [2.05, 4.69) is 0 Å². The Kier molecular flexibility index (Phi) is 2.27. The first-order chi connectivity index (χ1) is 7.32. The summed E-state index contributed by atoms with van der Waals surface area (Å²) >= 11 is 6.03. The van der Waals surface area contributed by atoms with Gasteiger partial charge in [-0.15, -0.1) is 0 Å². The SMILES string of the molecule is Cc1cc(O)c2c(c1Cl)OC(C)(C)OC2=O. The second kappa shape index (κ2) is 3.28. The van der Waals surface area contributed by atoms with Gasteiger partial charge in [-0.25, -0.2) is 4.79 Å². The van der Waals surface area contributed by atoms with E-state index in [1.807, 2.05) is 0 Å². The average Bonchev–Trinajstić information content (AvgIpc) is 2.11. The van der Waals surface area contributed by atoms with Gasteiger partial charge in [0.1, 0.15) is 11.3 Å². The molecule has 1 N–H and O–H groups in total. The van der Waals surface area contributed by atoms with E-state index in [4.69, 9.17) is 21.1 Å². The number of aromatic hydroxyl groups is 1. The topological polar surface area (TPSA) is 55.8 Å². The monoisotopic (exact) mass is 242 g/mol. The van der Waals surface area contributed by atoms with E-state index in [9.17, 15) is 9.90 Å². The molecule has 16 heavy (non-hydrogen) atoms. The first kappa shape index (κ1) is 11.1. The third-order valence-electron chi connectivity index (χ3n) is 2.27. The first-order valence-corrected chi connectivity index (χ1v) is 5.14. The Balaban J connectivity index is 2.70. The van der Waals surface area contributed by atoms with E-state index in [1.165, 1.54) is 6.07 Å². The van der Waals surface area contributed by atoms with Crippen LogP contribution in [0.3, 0.4) is 0 Å². The van der Waals surface area contributed by atoms with Crippen LogP contribution in [0.25, 0.3) is 0 Å². The molecule has 4 nitrogen and oxygen atoms in total. The van der Waals surface area contributed by atoms with Crippen molar-refractivity contribution in [2.45, 2.75) is 26.6 Å². The van der Waals surface area contributed by atoms with Gasteiger partial charge in [0.2, 0.25) is 5.79 Å². The van der Waals surface area contributed by atoms with E-state index in [-0.39, 0.29) is 17.1 Å². The number of hydrogen-bond acceptors (Lipinski definition) is 4. The number of halogens is 1. The maximum atomic E-state index is 11.7. The highest BCUT2D eigenvalue weighted by Gasteiger charge is 2.37. The summed E-state index contributed by atoms with van der Waals surface area (Å²) < 4.78 is 10.4. The molecule has 1 heterocycles. The number of cyclic esters (lactones) is 1. The zero-order chi connectivity index (χ0) is 12.1. The van der Waals surface area contributed by atoms with Crippen molar-refractivity contribution >= 4 is 17.6 Å². The Hall–Kier alpha value is -1.42. The van der Waals surface area contributed by atoms with Gasteiger partial charge in [0.05, 0.1) is 5.02 Å². The lowest BCUT2D eigenvalue weighted by Gasteiger charge is -2.32. The number of phenols is 1. The molecule has 0 radical (unpaired) electrons. The molecule has 1 aliphatic rings. The van der Waals surface area contributed by atoms with Crippen molar-refractivity contribution in [2.24, 2.45) is 0 Å². The number of fused-ring (bicyclic) bond motifs is 1. The number of rotatable bonds is 0. The normalized spacial score (nSPS) is 17.4. The van der Waals surface area contributed by atoms with Gasteiger partial charge in [-0.05, 0) is 18.6 Å². The molecule has 5 heteroatoms. The second-order valence-electron chi connectivity index (χ2n) is 4.12. The molecule has 1 aliphatic heterocycles. The molecule has 0 aromatic heterocycles. The van der Waals surface area contributed by atoms with Crippen molar-refractivity contribution in [2.75, 3.05) is 0 Å². The zero-order valence-electron chi connectivity index (χ0n) is 9.13. The van der Waals surface area contributed by atoms with Crippen LogP contribution in [0.2, 0.25) is 5.02 Å². The Morgan fingerprint density at radius 2 is 2.00 bits per heavy atom. The van der Waals surface area contributed by atoms with Crippen LogP contribution >= 0.6 is 11.6 Å². The highest BCUT2D eigenvalue weighted by Crippen LogP contribution is 2.43. The lowest BCUT2D eigenvalue weighted by molar-refractivity contribution is -0.127. The van der Waals surface area contributed by atoms with E-state index >= 15 is 0 Å². The van der Waals surface area contributed by atoms with Crippen LogP contribution in [0.1, 0.15) is 29.8 Å². The molecule has 0 aliphatic carbocycles. The van der Waals surface area contributed by atoms with Crippen molar-refractivity contribution in [3.05, 3.63) is 22.2 Å². The minimum Gasteiger partial charge on any atom is -0.507 e. The van der Waals surface area contributed by atoms with E-state index in [0.29, 0.717) is 10.6 Å². The fourth-order valence-electron chi connectivity index (χ4n) is 1.58. The number of benzene rings is 1. The Labute approximate surface area is 97.7 Å². The molecule has 0 bridgehead atoms. The summed E-state index contributed by atoms with van der Waals surface area (Å²) in [5, 5.41) is 9.98. The van der Waals surface area contributed by atoms with Gasteiger partial charge >= 0.3 is 5.97 Å². The standard InChI is InChI=1S/C11H11ClO4/c1-5-4-6(13)7-9(8(5)12)15-11(2,3)16-10(7)14/h4,13H,1-3H3. The molecular formula is C11H11ClO4. The fourth-order valence-corrected chi connectivity index (χ4v) is 1.77. The molecule has 1 aromatic rings. The van der Waals surface area contributed by atoms with Crippen molar-refractivity contribution < 1.29 is 19.4 Å². The average molecular weight is 243 g/mol. The van der Waals surface area contributed by atoms with Crippen LogP contribution in [-0.4, -0.2) is 16.9 Å². The van der Waals surface area contributed by atoms with Crippen LogP contribution in [0, 0.1) is 6.92 Å². The molecule has 86 valence electrons. The molecule has 0 fully saturated rings. The summed E-state index contributed by atoms with van der Waals surface area (Å²) in [6.45, 7) is 4.92. The molecule has 0 saturated heterocycles. The number of esters is 1. The number of hydrogen-bond donors (Lipinski definition) is 1. The largest absolute Gasteiger partial charge is 0.507 e. The Morgan fingerprint density at radius 3 is 2.62 bits per heavy atom. The summed E-state index contributed by atoms with van der Waals surface area (Å²) in [7, 11) is 0. The van der Waals surface area contributed by atoms with Crippen LogP contribution in [-0.2, 0) is 4.74 Å². The highest BCUT2D eigenvalue weighted by atomic mass is 35.5. The quantitative estimate of drug-likeness (QED) is 0.711. The van der Waals surface area contributed by atoms with E-state index in [0.717, 1.165) is 0 Å². The lowest BCUT2D eigenvalue weighted by atomic mass is 10.1. The number of ether oxygens (including phenoxy) is 2. The maximum absolute atomic E-state index is 11.7. The number of phenolic OH excluding ortho intramolecular Hbond substituents is 1. The Morgan fingerprint density at radius 1 is 1.38 bits per heavy atom. The highest BCUT2D eigenvalue weighted by molar-refractivity contribution is 6.33. The van der Waals surface area contributed by atoms with Crippen LogP contribution in [0.15, 0.2) is 6.07 Å². The summed E-state index contributed by atoms with van der Waals surface area (Å²) in [5.74, 6) is -1.71. The van der Waals surface area contributed by atoms with Gasteiger partial charge in [0.15, 0.2) is 5.75 Å². The third kappa shape index (κ3) is 1.59.